The number of allylic oxidation sites excluding steroid dienone is 7. The molecule has 1 atom stereocenters. The molecular weight excluding hydrogens is 120 g/mol. The van der Waals surface area contributed by atoms with Crippen molar-refractivity contribution < 1.29 is 0 Å². The average Bonchev–Trinajstić information content (AvgIpc) is 2.04. The van der Waals surface area contributed by atoms with E-state index in [1.165, 1.54) is 5.57 Å². The maximum Gasteiger partial charge on any atom is 0.0195 e. The molecule has 0 N–H and O–H groups in total. The zero-order chi connectivity index (χ0) is 7.40. The fourth-order valence-corrected chi connectivity index (χ4v) is 1.08. The molecule has 0 fully saturated rings. The molecule has 0 saturated carbocycles. The first-order valence-electron chi connectivity index (χ1n) is 3.52. The van der Waals surface area contributed by atoms with Crippen molar-refractivity contribution in [3.8, 4) is 0 Å². The van der Waals surface area contributed by atoms with Crippen molar-refractivity contribution in [2.24, 2.45) is 5.92 Å². The quantitative estimate of drug-likeness (QED) is 0.481. The zero-order valence-electron chi connectivity index (χ0n) is 6.25. The minimum absolute atomic E-state index is 0.426. The van der Waals surface area contributed by atoms with Crippen LogP contribution in [0.25, 0.3) is 0 Å². The van der Waals surface area contributed by atoms with Crippen molar-refractivity contribution in [3.63, 3.8) is 0 Å². The SMILES string of the molecule is C=C[C@@H]1C=CC=C/C1=C\C. The first kappa shape index (κ1) is 7.07. The lowest BCUT2D eigenvalue weighted by atomic mass is 9.95. The Labute approximate surface area is 62.3 Å². The van der Waals surface area contributed by atoms with Crippen LogP contribution in [0.5, 0.6) is 0 Å². The van der Waals surface area contributed by atoms with Crippen molar-refractivity contribution in [2.75, 3.05) is 0 Å². The second-order valence-corrected chi connectivity index (χ2v) is 2.29. The molecule has 10 heavy (non-hydrogen) atoms. The van der Waals surface area contributed by atoms with Gasteiger partial charge in [-0.1, -0.05) is 36.5 Å². The Morgan fingerprint density at radius 1 is 1.50 bits per heavy atom. The maximum atomic E-state index is 3.76. The summed E-state index contributed by atoms with van der Waals surface area (Å²) >= 11 is 0. The molecule has 52 valence electrons. The van der Waals surface area contributed by atoms with Crippen molar-refractivity contribution in [2.45, 2.75) is 6.92 Å². The molecule has 0 unspecified atom stereocenters. The smallest absolute Gasteiger partial charge is 0.0195 e. The first-order chi connectivity index (χ1) is 4.88. The summed E-state index contributed by atoms with van der Waals surface area (Å²) in [4.78, 5) is 0. The Kier molecular flexibility index (Phi) is 2.27. The van der Waals surface area contributed by atoms with Crippen LogP contribution in [0.1, 0.15) is 6.92 Å². The second kappa shape index (κ2) is 3.21. The Bertz CT molecular complexity index is 204. The fourth-order valence-electron chi connectivity index (χ4n) is 1.08. The van der Waals surface area contributed by atoms with Gasteiger partial charge in [0.1, 0.15) is 0 Å². The summed E-state index contributed by atoms with van der Waals surface area (Å²) in [6.07, 6.45) is 12.4. The van der Waals surface area contributed by atoms with E-state index in [1.54, 1.807) is 0 Å². The highest BCUT2D eigenvalue weighted by atomic mass is 14.1. The van der Waals surface area contributed by atoms with Gasteiger partial charge in [0, 0.05) is 5.92 Å². The predicted molar refractivity (Wildman–Crippen MR) is 45.7 cm³/mol. The normalized spacial score (nSPS) is 27.3. The van der Waals surface area contributed by atoms with Crippen molar-refractivity contribution >= 4 is 0 Å². The van der Waals surface area contributed by atoms with Gasteiger partial charge in [-0.05, 0) is 12.5 Å². The Hall–Kier alpha value is -1.04. The van der Waals surface area contributed by atoms with Gasteiger partial charge in [-0.15, -0.1) is 6.58 Å². The summed E-state index contributed by atoms with van der Waals surface area (Å²) in [6, 6.07) is 0. The summed E-state index contributed by atoms with van der Waals surface area (Å²) in [5, 5.41) is 0. The largest absolute Gasteiger partial charge is 0.102 e. The molecule has 0 aliphatic heterocycles. The van der Waals surface area contributed by atoms with E-state index in [1.807, 2.05) is 6.08 Å². The molecule has 1 aliphatic carbocycles. The number of hydrogen-bond donors (Lipinski definition) is 0. The highest BCUT2D eigenvalue weighted by molar-refractivity contribution is 5.35. The van der Waals surface area contributed by atoms with Crippen LogP contribution < -0.4 is 0 Å². The third kappa shape index (κ3) is 1.27. The average molecular weight is 132 g/mol. The summed E-state index contributed by atoms with van der Waals surface area (Å²) in [5.41, 5.74) is 1.33. The van der Waals surface area contributed by atoms with Gasteiger partial charge in [0.2, 0.25) is 0 Å². The van der Waals surface area contributed by atoms with Gasteiger partial charge >= 0.3 is 0 Å². The molecule has 0 bridgehead atoms. The van der Waals surface area contributed by atoms with E-state index in [2.05, 4.69) is 43.9 Å². The number of rotatable bonds is 1. The van der Waals surface area contributed by atoms with Crippen LogP contribution in [0.4, 0.5) is 0 Å². The van der Waals surface area contributed by atoms with E-state index in [0.717, 1.165) is 0 Å². The molecule has 0 nitrogen and oxygen atoms in total. The third-order valence-electron chi connectivity index (χ3n) is 1.69. The lowest BCUT2D eigenvalue weighted by Crippen LogP contribution is -1.96. The van der Waals surface area contributed by atoms with Crippen LogP contribution in [0.3, 0.4) is 0 Å². The Morgan fingerprint density at radius 3 is 2.80 bits per heavy atom. The molecule has 0 heterocycles. The highest BCUT2D eigenvalue weighted by Crippen LogP contribution is 2.18. The second-order valence-electron chi connectivity index (χ2n) is 2.29. The first-order valence-corrected chi connectivity index (χ1v) is 3.52. The minimum Gasteiger partial charge on any atom is -0.102 e. The van der Waals surface area contributed by atoms with Crippen LogP contribution >= 0.6 is 0 Å². The molecule has 1 rings (SSSR count). The van der Waals surface area contributed by atoms with Gasteiger partial charge in [-0.2, -0.15) is 0 Å². The van der Waals surface area contributed by atoms with Gasteiger partial charge in [0.15, 0.2) is 0 Å². The zero-order valence-corrected chi connectivity index (χ0v) is 6.25. The topological polar surface area (TPSA) is 0 Å². The summed E-state index contributed by atoms with van der Waals surface area (Å²) in [5.74, 6) is 0.426. The lowest BCUT2D eigenvalue weighted by molar-refractivity contribution is 0.994. The van der Waals surface area contributed by atoms with Gasteiger partial charge < -0.3 is 0 Å². The summed E-state index contributed by atoms with van der Waals surface area (Å²) in [7, 11) is 0. The molecular formula is C10H12. The summed E-state index contributed by atoms with van der Waals surface area (Å²) < 4.78 is 0. The van der Waals surface area contributed by atoms with Crippen molar-refractivity contribution in [3.05, 3.63) is 48.6 Å². The van der Waals surface area contributed by atoms with Crippen LogP contribution in [-0.2, 0) is 0 Å². The molecule has 0 radical (unpaired) electrons. The fraction of sp³-hybridized carbons (Fsp3) is 0.200. The highest BCUT2D eigenvalue weighted by Gasteiger charge is 2.03. The van der Waals surface area contributed by atoms with E-state index in [9.17, 15) is 0 Å². The third-order valence-corrected chi connectivity index (χ3v) is 1.69. The Morgan fingerprint density at radius 2 is 2.30 bits per heavy atom. The van der Waals surface area contributed by atoms with Crippen molar-refractivity contribution in [1.29, 1.82) is 0 Å². The summed E-state index contributed by atoms with van der Waals surface area (Å²) in [6.45, 7) is 5.81. The molecule has 0 aromatic heterocycles. The Balaban J connectivity index is 2.83. The molecule has 1 aliphatic rings. The van der Waals surface area contributed by atoms with Gasteiger partial charge in [0.25, 0.3) is 0 Å². The number of hydrogen-bond acceptors (Lipinski definition) is 0. The van der Waals surface area contributed by atoms with E-state index >= 15 is 0 Å². The maximum absolute atomic E-state index is 3.76. The van der Waals surface area contributed by atoms with Crippen LogP contribution in [-0.4, -0.2) is 0 Å². The molecule has 0 heteroatoms. The van der Waals surface area contributed by atoms with E-state index in [-0.39, 0.29) is 0 Å². The minimum atomic E-state index is 0.426. The molecule has 0 amide bonds. The van der Waals surface area contributed by atoms with Gasteiger partial charge in [-0.3, -0.25) is 0 Å². The predicted octanol–water partition coefficient (Wildman–Crippen LogP) is 2.86. The van der Waals surface area contributed by atoms with E-state index < -0.39 is 0 Å². The standard InChI is InChI=1S/C10H12/c1-3-9-7-5-6-8-10(9)4-2/h3-9H,1H2,2H3/b10-4+/t9-/m1/s1. The lowest BCUT2D eigenvalue weighted by Gasteiger charge is -2.10. The van der Waals surface area contributed by atoms with Crippen molar-refractivity contribution in [1.82, 2.24) is 0 Å². The van der Waals surface area contributed by atoms with Gasteiger partial charge in [0.05, 0.1) is 0 Å². The molecule has 0 saturated heterocycles. The molecule has 0 aromatic rings. The van der Waals surface area contributed by atoms with Crippen LogP contribution in [0, 0.1) is 5.92 Å². The monoisotopic (exact) mass is 132 g/mol. The van der Waals surface area contributed by atoms with Crippen LogP contribution in [0.2, 0.25) is 0 Å². The van der Waals surface area contributed by atoms with Crippen LogP contribution in [0.15, 0.2) is 48.6 Å². The molecule has 0 aromatic carbocycles. The van der Waals surface area contributed by atoms with E-state index in [0.29, 0.717) is 5.92 Å². The van der Waals surface area contributed by atoms with Gasteiger partial charge in [-0.25, -0.2) is 0 Å². The molecule has 0 spiro atoms. The van der Waals surface area contributed by atoms with E-state index in [4.69, 9.17) is 0 Å².